The van der Waals surface area contributed by atoms with E-state index in [1.807, 2.05) is 12.4 Å². The molecule has 2 saturated heterocycles. The predicted octanol–water partition coefficient (Wildman–Crippen LogP) is 2.54. The van der Waals surface area contributed by atoms with Gasteiger partial charge in [0.2, 0.25) is 5.95 Å². The molecule has 2 aliphatic heterocycles. The Morgan fingerprint density at radius 2 is 1.97 bits per heavy atom. The molecule has 0 bridgehead atoms. The molecule has 7 nitrogen and oxygen atoms in total. The van der Waals surface area contributed by atoms with Gasteiger partial charge in [-0.2, -0.15) is 0 Å². The van der Waals surface area contributed by atoms with Gasteiger partial charge in [-0.3, -0.25) is 4.99 Å². The summed E-state index contributed by atoms with van der Waals surface area (Å²) >= 11 is 0. The second-order valence-corrected chi connectivity index (χ2v) is 8.04. The summed E-state index contributed by atoms with van der Waals surface area (Å²) in [5.41, 5.74) is 16.8. The summed E-state index contributed by atoms with van der Waals surface area (Å²) in [5, 5.41) is 0. The second-order valence-electron chi connectivity index (χ2n) is 8.04. The molecule has 1 unspecified atom stereocenters. The van der Waals surface area contributed by atoms with Crippen LogP contribution < -0.4 is 16.4 Å². The molecule has 4 N–H and O–H groups in total. The zero-order chi connectivity index (χ0) is 20.9. The highest BCUT2D eigenvalue weighted by Gasteiger charge is 2.21. The zero-order valence-corrected chi connectivity index (χ0v) is 17.5. The Balaban J connectivity index is 1.70. The number of rotatable bonds is 5. The number of aliphatic imine (C=N–C) groups is 1. The van der Waals surface area contributed by atoms with Gasteiger partial charge in [0, 0.05) is 61.0 Å². The maximum atomic E-state index is 6.06. The first-order valence-corrected chi connectivity index (χ1v) is 10.6. The SMILES string of the molecule is Cc1ccc(-c2nc(N3CCC(N)CC3)ncc2C(C=NC2CCOC2)=CN)cc1. The molecule has 7 heteroatoms. The van der Waals surface area contributed by atoms with Gasteiger partial charge in [-0.1, -0.05) is 29.8 Å². The average Bonchev–Trinajstić information content (AvgIpc) is 3.29. The highest BCUT2D eigenvalue weighted by atomic mass is 16.5. The van der Waals surface area contributed by atoms with Crippen LogP contribution in [0.25, 0.3) is 16.8 Å². The number of nitrogens with zero attached hydrogens (tertiary/aromatic N) is 4. The fourth-order valence-electron chi connectivity index (χ4n) is 3.79. The van der Waals surface area contributed by atoms with Crippen molar-refractivity contribution in [1.82, 2.24) is 9.97 Å². The lowest BCUT2D eigenvalue weighted by Crippen LogP contribution is -2.40. The van der Waals surface area contributed by atoms with Gasteiger partial charge in [-0.25, -0.2) is 9.97 Å². The van der Waals surface area contributed by atoms with Crippen molar-refractivity contribution in [2.45, 2.75) is 38.3 Å². The Kier molecular flexibility index (Phi) is 6.40. The first-order valence-electron chi connectivity index (χ1n) is 10.6. The predicted molar refractivity (Wildman–Crippen MR) is 122 cm³/mol. The summed E-state index contributed by atoms with van der Waals surface area (Å²) in [6.45, 7) is 5.24. The standard InChI is InChI=1S/C23H30N6O/c1-16-2-4-17(5-3-16)22-21(18(12-24)13-26-20-8-11-30-15-20)14-27-23(28-22)29-9-6-19(25)7-10-29/h2-5,12-14,19-20H,6-11,15,24-25H2,1H3. The molecule has 1 aromatic heterocycles. The smallest absolute Gasteiger partial charge is 0.225 e. The van der Waals surface area contributed by atoms with Gasteiger partial charge in [-0.15, -0.1) is 0 Å². The van der Waals surface area contributed by atoms with Crippen LogP contribution in [0.15, 0.2) is 41.7 Å². The lowest BCUT2D eigenvalue weighted by Gasteiger charge is -2.30. The van der Waals surface area contributed by atoms with Crippen molar-refractivity contribution in [3.8, 4) is 11.3 Å². The summed E-state index contributed by atoms with van der Waals surface area (Å²) in [5.74, 6) is 0.735. The number of allylic oxidation sites excluding steroid dienone is 1. The van der Waals surface area contributed by atoms with E-state index in [0.29, 0.717) is 6.61 Å². The molecule has 2 fully saturated rings. The lowest BCUT2D eigenvalue weighted by molar-refractivity contribution is 0.194. The van der Waals surface area contributed by atoms with E-state index < -0.39 is 0 Å². The minimum absolute atomic E-state index is 0.181. The first-order chi connectivity index (χ1) is 14.6. The highest BCUT2D eigenvalue weighted by Crippen LogP contribution is 2.29. The van der Waals surface area contributed by atoms with Crippen molar-refractivity contribution >= 4 is 17.7 Å². The van der Waals surface area contributed by atoms with Gasteiger partial charge in [0.25, 0.3) is 0 Å². The van der Waals surface area contributed by atoms with Crippen LogP contribution in [0.3, 0.4) is 0 Å². The van der Waals surface area contributed by atoms with E-state index in [4.69, 9.17) is 21.2 Å². The lowest BCUT2D eigenvalue weighted by atomic mass is 10.0. The van der Waals surface area contributed by atoms with E-state index in [1.165, 1.54) is 5.56 Å². The molecule has 3 heterocycles. The van der Waals surface area contributed by atoms with Crippen LogP contribution in [0, 0.1) is 6.92 Å². The molecule has 0 spiro atoms. The fraction of sp³-hybridized carbons (Fsp3) is 0.435. The Morgan fingerprint density at radius 3 is 2.63 bits per heavy atom. The van der Waals surface area contributed by atoms with Crippen LogP contribution >= 0.6 is 0 Å². The third-order valence-corrected chi connectivity index (χ3v) is 5.74. The van der Waals surface area contributed by atoms with Crippen LogP contribution in [0.4, 0.5) is 5.95 Å². The summed E-state index contributed by atoms with van der Waals surface area (Å²) in [4.78, 5) is 16.5. The normalized spacial score (nSPS) is 20.9. The molecule has 2 aliphatic rings. The van der Waals surface area contributed by atoms with Gasteiger partial charge in [0.1, 0.15) is 0 Å². The van der Waals surface area contributed by atoms with Gasteiger partial charge < -0.3 is 21.1 Å². The average molecular weight is 407 g/mol. The molecule has 0 saturated carbocycles. The maximum Gasteiger partial charge on any atom is 0.225 e. The van der Waals surface area contributed by atoms with Crippen LogP contribution in [-0.4, -0.2) is 54.6 Å². The quantitative estimate of drug-likeness (QED) is 0.740. The molecule has 4 rings (SSSR count). The number of hydrogen-bond donors (Lipinski definition) is 2. The van der Waals surface area contributed by atoms with E-state index in [-0.39, 0.29) is 12.1 Å². The summed E-state index contributed by atoms with van der Waals surface area (Å²) in [7, 11) is 0. The van der Waals surface area contributed by atoms with Crippen molar-refractivity contribution in [2.24, 2.45) is 16.5 Å². The number of anilines is 1. The van der Waals surface area contributed by atoms with Crippen molar-refractivity contribution in [1.29, 1.82) is 0 Å². The van der Waals surface area contributed by atoms with E-state index in [0.717, 1.165) is 67.3 Å². The molecule has 30 heavy (non-hydrogen) atoms. The van der Waals surface area contributed by atoms with Crippen molar-refractivity contribution in [3.05, 3.63) is 47.8 Å². The summed E-state index contributed by atoms with van der Waals surface area (Å²) in [6.07, 6.45) is 8.11. The van der Waals surface area contributed by atoms with Crippen LogP contribution in [0.1, 0.15) is 30.4 Å². The van der Waals surface area contributed by atoms with E-state index in [9.17, 15) is 0 Å². The monoisotopic (exact) mass is 406 g/mol. The number of aryl methyl sites for hydroxylation is 1. The molecule has 0 radical (unpaired) electrons. The van der Waals surface area contributed by atoms with Crippen molar-refractivity contribution in [3.63, 3.8) is 0 Å². The Hall–Kier alpha value is -2.77. The number of piperidine rings is 1. The zero-order valence-electron chi connectivity index (χ0n) is 17.5. The number of ether oxygens (including phenoxy) is 1. The molecule has 1 atom stereocenters. The molecule has 1 aromatic carbocycles. The molecular formula is C23H30N6O. The van der Waals surface area contributed by atoms with E-state index in [1.54, 1.807) is 6.20 Å². The molecule has 2 aromatic rings. The number of hydrogen-bond acceptors (Lipinski definition) is 7. The van der Waals surface area contributed by atoms with Gasteiger partial charge >= 0.3 is 0 Å². The van der Waals surface area contributed by atoms with Crippen molar-refractivity contribution < 1.29 is 4.74 Å². The number of nitrogens with two attached hydrogens (primary N) is 2. The molecule has 158 valence electrons. The van der Waals surface area contributed by atoms with Crippen molar-refractivity contribution in [2.75, 3.05) is 31.2 Å². The Labute approximate surface area is 177 Å². The highest BCUT2D eigenvalue weighted by molar-refractivity contribution is 6.11. The number of aromatic nitrogens is 2. The minimum Gasteiger partial charge on any atom is -0.404 e. The van der Waals surface area contributed by atoms with Crippen LogP contribution in [-0.2, 0) is 4.74 Å². The third kappa shape index (κ3) is 4.68. The van der Waals surface area contributed by atoms with Gasteiger partial charge in [0.05, 0.1) is 18.3 Å². The van der Waals surface area contributed by atoms with Crippen LogP contribution in [0.5, 0.6) is 0 Å². The molecular weight excluding hydrogens is 376 g/mol. The summed E-state index contributed by atoms with van der Waals surface area (Å²) in [6, 6.07) is 8.81. The van der Waals surface area contributed by atoms with Crippen LogP contribution in [0.2, 0.25) is 0 Å². The second kappa shape index (κ2) is 9.36. The summed E-state index contributed by atoms with van der Waals surface area (Å²) < 4.78 is 5.42. The Bertz CT molecular complexity index is 910. The third-order valence-electron chi connectivity index (χ3n) is 5.74. The van der Waals surface area contributed by atoms with E-state index in [2.05, 4.69) is 46.1 Å². The topological polar surface area (TPSA) is 103 Å². The Morgan fingerprint density at radius 1 is 1.20 bits per heavy atom. The largest absolute Gasteiger partial charge is 0.404 e. The molecule has 0 aliphatic carbocycles. The molecule has 0 amide bonds. The maximum absolute atomic E-state index is 6.06. The van der Waals surface area contributed by atoms with Gasteiger partial charge in [-0.05, 0) is 26.2 Å². The minimum atomic E-state index is 0.181. The van der Waals surface area contributed by atoms with Gasteiger partial charge in [0.15, 0.2) is 0 Å². The fourth-order valence-corrected chi connectivity index (χ4v) is 3.79. The first kappa shape index (κ1) is 20.5. The number of benzene rings is 1. The van der Waals surface area contributed by atoms with E-state index >= 15 is 0 Å².